The first kappa shape index (κ1) is 15.2. The van der Waals surface area contributed by atoms with Crippen molar-refractivity contribution in [1.82, 2.24) is 4.98 Å². The lowest BCUT2D eigenvalue weighted by atomic mass is 10.1. The van der Waals surface area contributed by atoms with Crippen LogP contribution in [0.4, 0.5) is 17.1 Å². The minimum atomic E-state index is 0.827. The van der Waals surface area contributed by atoms with Gasteiger partial charge in [0.25, 0.3) is 0 Å². The number of fused-ring (bicyclic) bond motifs is 1. The molecule has 0 fully saturated rings. The molecule has 3 aromatic rings. The number of nitrogens with zero attached hydrogens (tertiary/aromatic N) is 2. The van der Waals surface area contributed by atoms with Crippen molar-refractivity contribution in [3.05, 3.63) is 54.2 Å². The predicted octanol–water partition coefficient (Wildman–Crippen LogP) is 4.36. The maximum Gasteiger partial charge on any atom is 0.119 e. The number of methoxy groups -OCH3 is 1. The van der Waals surface area contributed by atoms with Gasteiger partial charge in [-0.2, -0.15) is 0 Å². The Morgan fingerprint density at radius 3 is 2.61 bits per heavy atom. The number of pyridine rings is 1. The molecular weight excluding hydrogens is 286 g/mol. The molecule has 0 radical (unpaired) electrons. The number of nitrogens with one attached hydrogen (secondary N) is 1. The monoisotopic (exact) mass is 307 g/mol. The van der Waals surface area contributed by atoms with E-state index in [0.717, 1.165) is 39.4 Å². The Bertz CT molecular complexity index is 843. The van der Waals surface area contributed by atoms with E-state index in [4.69, 9.17) is 4.74 Å². The van der Waals surface area contributed by atoms with Gasteiger partial charge in [-0.15, -0.1) is 0 Å². The van der Waals surface area contributed by atoms with E-state index < -0.39 is 0 Å². The second-order valence-electron chi connectivity index (χ2n) is 5.76. The minimum absolute atomic E-state index is 0.827. The summed E-state index contributed by atoms with van der Waals surface area (Å²) < 4.78 is 5.35. The molecule has 0 spiro atoms. The van der Waals surface area contributed by atoms with Gasteiger partial charge in [-0.3, -0.25) is 4.98 Å². The molecule has 4 heteroatoms. The van der Waals surface area contributed by atoms with E-state index in [1.807, 2.05) is 39.2 Å². The van der Waals surface area contributed by atoms with Crippen LogP contribution < -0.4 is 15.0 Å². The Morgan fingerprint density at radius 1 is 1.04 bits per heavy atom. The lowest BCUT2D eigenvalue weighted by molar-refractivity contribution is 0.415. The lowest BCUT2D eigenvalue weighted by Crippen LogP contribution is -2.08. The van der Waals surface area contributed by atoms with E-state index >= 15 is 0 Å². The molecule has 0 aliphatic rings. The molecule has 118 valence electrons. The highest BCUT2D eigenvalue weighted by Gasteiger charge is 2.07. The van der Waals surface area contributed by atoms with Gasteiger partial charge in [0.1, 0.15) is 5.75 Å². The van der Waals surface area contributed by atoms with Crippen molar-refractivity contribution < 1.29 is 4.74 Å². The molecule has 0 aliphatic carbocycles. The molecule has 0 amide bonds. The summed E-state index contributed by atoms with van der Waals surface area (Å²) in [5.74, 6) is 0.827. The maximum atomic E-state index is 5.35. The van der Waals surface area contributed by atoms with Gasteiger partial charge in [-0.1, -0.05) is 6.07 Å². The molecule has 3 rings (SSSR count). The fraction of sp³-hybridized carbons (Fsp3) is 0.211. The van der Waals surface area contributed by atoms with Gasteiger partial charge in [0.15, 0.2) is 0 Å². The molecule has 1 aromatic heterocycles. The second kappa shape index (κ2) is 6.16. The van der Waals surface area contributed by atoms with Crippen molar-refractivity contribution in [2.24, 2.45) is 0 Å². The van der Waals surface area contributed by atoms with Gasteiger partial charge >= 0.3 is 0 Å². The summed E-state index contributed by atoms with van der Waals surface area (Å²) in [7, 11) is 5.75. The van der Waals surface area contributed by atoms with E-state index in [9.17, 15) is 0 Å². The molecule has 0 aliphatic heterocycles. The molecule has 4 nitrogen and oxygen atoms in total. The molecule has 1 heterocycles. The highest BCUT2D eigenvalue weighted by molar-refractivity contribution is 5.94. The van der Waals surface area contributed by atoms with Gasteiger partial charge < -0.3 is 15.0 Å². The van der Waals surface area contributed by atoms with E-state index in [1.165, 1.54) is 0 Å². The number of ether oxygens (including phenoxy) is 1. The normalized spacial score (nSPS) is 10.6. The predicted molar refractivity (Wildman–Crippen MR) is 97.1 cm³/mol. The van der Waals surface area contributed by atoms with Crippen molar-refractivity contribution in [1.29, 1.82) is 0 Å². The van der Waals surface area contributed by atoms with Crippen molar-refractivity contribution >= 4 is 28.0 Å². The van der Waals surface area contributed by atoms with Crippen LogP contribution in [-0.4, -0.2) is 26.2 Å². The highest BCUT2D eigenvalue weighted by atomic mass is 16.5. The van der Waals surface area contributed by atoms with Crippen molar-refractivity contribution in [2.45, 2.75) is 6.92 Å². The average Bonchev–Trinajstić information content (AvgIpc) is 2.54. The zero-order valence-electron chi connectivity index (χ0n) is 13.9. The molecule has 0 unspecified atom stereocenters. The molecule has 0 saturated carbocycles. The molecule has 23 heavy (non-hydrogen) atoms. The first-order valence-corrected chi connectivity index (χ1v) is 7.56. The summed E-state index contributed by atoms with van der Waals surface area (Å²) in [5, 5.41) is 4.56. The summed E-state index contributed by atoms with van der Waals surface area (Å²) in [4.78, 5) is 6.68. The third-order valence-corrected chi connectivity index (χ3v) is 3.79. The van der Waals surface area contributed by atoms with Crippen LogP contribution in [0, 0.1) is 6.92 Å². The van der Waals surface area contributed by atoms with Gasteiger partial charge in [0, 0.05) is 42.2 Å². The fourth-order valence-electron chi connectivity index (χ4n) is 2.59. The molecule has 0 atom stereocenters. The summed E-state index contributed by atoms with van der Waals surface area (Å²) in [6.45, 7) is 2.01. The summed E-state index contributed by atoms with van der Waals surface area (Å²) in [5.41, 5.74) is 5.17. The van der Waals surface area contributed by atoms with Crippen LogP contribution in [0.15, 0.2) is 48.5 Å². The maximum absolute atomic E-state index is 5.35. The summed E-state index contributed by atoms with van der Waals surface area (Å²) in [6.07, 6.45) is 0. The molecular formula is C19H21N3O. The lowest BCUT2D eigenvalue weighted by Gasteiger charge is -2.16. The third kappa shape index (κ3) is 3.21. The second-order valence-corrected chi connectivity index (χ2v) is 5.76. The average molecular weight is 307 g/mol. The fourth-order valence-corrected chi connectivity index (χ4v) is 2.59. The van der Waals surface area contributed by atoms with E-state index in [1.54, 1.807) is 7.11 Å². The topological polar surface area (TPSA) is 37.4 Å². The van der Waals surface area contributed by atoms with Crippen LogP contribution in [0.2, 0.25) is 0 Å². The van der Waals surface area contributed by atoms with Crippen LogP contribution >= 0.6 is 0 Å². The summed E-state index contributed by atoms with van der Waals surface area (Å²) >= 11 is 0. The quantitative estimate of drug-likeness (QED) is 0.777. The van der Waals surface area contributed by atoms with Gasteiger partial charge in [-0.25, -0.2) is 0 Å². The van der Waals surface area contributed by atoms with Crippen LogP contribution in [0.3, 0.4) is 0 Å². The number of rotatable bonds is 4. The van der Waals surface area contributed by atoms with Crippen LogP contribution in [0.5, 0.6) is 5.75 Å². The molecule has 1 N–H and O–H groups in total. The Hall–Kier alpha value is -2.75. The molecule has 2 aromatic carbocycles. The standard InChI is InChI=1S/C19H21N3O/c1-13-10-19(17-12-16(23-4)8-9-18(17)20-13)21-14-6-5-7-15(11-14)22(2)3/h5-12H,1-4H3,(H,20,21). The minimum Gasteiger partial charge on any atom is -0.497 e. The van der Waals surface area contributed by atoms with Crippen LogP contribution in [0.1, 0.15) is 5.69 Å². The number of anilines is 3. The first-order chi connectivity index (χ1) is 11.1. The van der Waals surface area contributed by atoms with Crippen molar-refractivity contribution in [3.8, 4) is 5.75 Å². The zero-order chi connectivity index (χ0) is 16.4. The summed E-state index contributed by atoms with van der Waals surface area (Å²) in [6, 6.07) is 16.3. The van der Waals surface area contributed by atoms with E-state index in [2.05, 4.69) is 45.5 Å². The number of aryl methyl sites for hydroxylation is 1. The van der Waals surface area contributed by atoms with Gasteiger partial charge in [-0.05, 0) is 49.4 Å². The number of aromatic nitrogens is 1. The largest absolute Gasteiger partial charge is 0.497 e. The number of benzene rings is 2. The smallest absolute Gasteiger partial charge is 0.119 e. The van der Waals surface area contributed by atoms with Crippen LogP contribution in [0.25, 0.3) is 10.9 Å². The first-order valence-electron chi connectivity index (χ1n) is 7.56. The van der Waals surface area contributed by atoms with E-state index in [0.29, 0.717) is 0 Å². The highest BCUT2D eigenvalue weighted by Crippen LogP contribution is 2.30. The molecule has 0 bridgehead atoms. The van der Waals surface area contributed by atoms with Crippen molar-refractivity contribution in [2.75, 3.05) is 31.4 Å². The number of hydrogen-bond donors (Lipinski definition) is 1. The Balaban J connectivity index is 2.06. The third-order valence-electron chi connectivity index (χ3n) is 3.79. The van der Waals surface area contributed by atoms with Gasteiger partial charge in [0.05, 0.1) is 12.6 Å². The molecule has 0 saturated heterocycles. The van der Waals surface area contributed by atoms with Crippen molar-refractivity contribution in [3.63, 3.8) is 0 Å². The van der Waals surface area contributed by atoms with E-state index in [-0.39, 0.29) is 0 Å². The Kier molecular flexibility index (Phi) is 4.06. The van der Waals surface area contributed by atoms with Crippen LogP contribution in [-0.2, 0) is 0 Å². The number of hydrogen-bond acceptors (Lipinski definition) is 4. The van der Waals surface area contributed by atoms with Gasteiger partial charge in [0.2, 0.25) is 0 Å². The Labute approximate surface area is 136 Å². The Morgan fingerprint density at radius 2 is 1.87 bits per heavy atom. The SMILES string of the molecule is COc1ccc2nc(C)cc(Nc3cccc(N(C)C)c3)c2c1. The zero-order valence-corrected chi connectivity index (χ0v) is 13.9.